The predicted molar refractivity (Wildman–Crippen MR) is 368 cm³/mol. The summed E-state index contributed by atoms with van der Waals surface area (Å²) < 4.78 is 32.1. The van der Waals surface area contributed by atoms with Crippen LogP contribution in [0.15, 0.2) is 82.4 Å². The minimum atomic E-state index is -2.06. The molecule has 13 atom stereocenters. The van der Waals surface area contributed by atoms with Crippen LogP contribution in [0.1, 0.15) is 125 Å². The minimum absolute atomic E-state index is 0.0381. The lowest BCUT2D eigenvalue weighted by Gasteiger charge is -2.26. The van der Waals surface area contributed by atoms with Crippen molar-refractivity contribution in [2.45, 2.75) is 190 Å². The highest BCUT2D eigenvalue weighted by molar-refractivity contribution is 7.80. The van der Waals surface area contributed by atoms with Gasteiger partial charge in [-0.15, -0.1) is 0 Å². The van der Waals surface area contributed by atoms with E-state index in [-0.39, 0.29) is 67.3 Å². The van der Waals surface area contributed by atoms with E-state index in [1.807, 2.05) is 0 Å². The summed E-state index contributed by atoms with van der Waals surface area (Å²) in [7, 11) is 0. The first-order valence-corrected chi connectivity index (χ1v) is 34.3. The molecule has 0 aliphatic carbocycles. The number of aryl methyl sites for hydroxylation is 1. The lowest BCUT2D eigenvalue weighted by atomic mass is 9.90. The Morgan fingerprint density at radius 3 is 1.62 bits per heavy atom. The van der Waals surface area contributed by atoms with Crippen LogP contribution in [-0.4, -0.2) is 223 Å². The van der Waals surface area contributed by atoms with Crippen molar-refractivity contribution in [3.63, 3.8) is 0 Å². The molecule has 0 spiro atoms. The summed E-state index contributed by atoms with van der Waals surface area (Å²) in [5.41, 5.74) is 6.51. The third-order valence-electron chi connectivity index (χ3n) is 17.4. The van der Waals surface area contributed by atoms with E-state index in [9.17, 15) is 104 Å². The Morgan fingerprint density at radius 2 is 1.08 bits per heavy atom. The highest BCUT2D eigenvalue weighted by Crippen LogP contribution is 2.25. The van der Waals surface area contributed by atoms with Gasteiger partial charge in [0.05, 0.1) is 62.1 Å². The quantitative estimate of drug-likeness (QED) is 0.0169. The number of hydrogen-bond donors (Lipinski definition) is 19. The zero-order valence-corrected chi connectivity index (χ0v) is 57.8. The van der Waals surface area contributed by atoms with Gasteiger partial charge >= 0.3 is 17.6 Å². The van der Waals surface area contributed by atoms with Gasteiger partial charge in [0.25, 0.3) is 5.56 Å². The number of nitrogens with one attached hydrogen (secondary N) is 5. The number of hydrogen-bond acceptors (Lipinski definition) is 23. The fraction of sp³-hybridized carbons (Fsp3) is 0.551. The third kappa shape index (κ3) is 28.4. The molecule has 0 fully saturated rings. The summed E-state index contributed by atoms with van der Waals surface area (Å²) in [6, 6.07) is 14.8. The monoisotopic (exact) mass is 1470 g/mol. The standard InChI is InChI=1S/C69H96F2N8O23S/c1-38-61(67(99)79(34-47(72)40-13-6-5-7-14-40)69(102)78(38)33-44-45(70)16-11-17-46(44)71)41-15-10-12-39(28-41)19-23-56(88)73-27-9-4-2-3-8-18-59(91)76-48(21-24-57(89)74-31-52(84)62(94)64(96)54(86)35-80)50(82)29-42(20-26-60(92)93)66(98)77-49(51(83)30-43(37-103)68(100)101)22-25-58(90)75-32-53(85)63(95)65(97)55(87)36-81/h5-7,10-17,28,42-43,47-49,52-55,62-65,80-81,84-87,94-97,103H,2-4,8-9,18-27,29-37,72H2,1H3,(H,73,88)(H,74,89)(H,75,90)(H,76,91)(H,77,98)(H,92,93)(H,100,101)/t42-,43+,47+,48+,49+,52-,53-,54+,55+,62+,63+,64+,65+/m0/s1. The van der Waals surface area contributed by atoms with Crippen molar-refractivity contribution in [2.75, 3.05) is 38.6 Å². The summed E-state index contributed by atoms with van der Waals surface area (Å²) >= 11 is 3.97. The van der Waals surface area contributed by atoms with Gasteiger partial charge in [-0.25, -0.2) is 13.6 Å². The fourth-order valence-corrected chi connectivity index (χ4v) is 11.3. The number of halogens is 2. The number of nitrogens with two attached hydrogens (primary N) is 1. The van der Waals surface area contributed by atoms with Crippen molar-refractivity contribution in [1.29, 1.82) is 0 Å². The van der Waals surface area contributed by atoms with Crippen LogP contribution in [0.25, 0.3) is 11.1 Å². The lowest BCUT2D eigenvalue weighted by molar-refractivity contribution is -0.143. The van der Waals surface area contributed by atoms with Gasteiger partial charge < -0.3 is 93.6 Å². The highest BCUT2D eigenvalue weighted by atomic mass is 32.1. The molecule has 103 heavy (non-hydrogen) atoms. The number of Topliss-reactive ketones (excluding diaryl/α,β-unsaturated/α-hetero) is 2. The van der Waals surface area contributed by atoms with Gasteiger partial charge in [0, 0.05) is 93.6 Å². The Balaban J connectivity index is 1.41. The number of carboxylic acid groups (broad SMARTS) is 2. The molecule has 4 aromatic rings. The minimum Gasteiger partial charge on any atom is -0.481 e. The molecule has 3 aromatic carbocycles. The van der Waals surface area contributed by atoms with Crippen molar-refractivity contribution in [1.82, 2.24) is 35.7 Å². The smallest absolute Gasteiger partial charge is 0.331 e. The number of carboxylic acids is 2. The molecular formula is C69H96F2N8O23S. The van der Waals surface area contributed by atoms with E-state index < -0.39 is 233 Å². The van der Waals surface area contributed by atoms with Crippen LogP contribution < -0.4 is 43.6 Å². The van der Waals surface area contributed by atoms with E-state index in [1.165, 1.54) is 13.0 Å². The Labute approximate surface area is 596 Å². The number of amides is 5. The zero-order chi connectivity index (χ0) is 76.6. The Bertz CT molecular complexity index is 3570. The maximum absolute atomic E-state index is 15.0. The van der Waals surface area contributed by atoms with E-state index in [0.717, 1.165) is 21.3 Å². The fourth-order valence-electron chi connectivity index (χ4n) is 11.1. The first kappa shape index (κ1) is 87.1. The maximum atomic E-state index is 15.0. The predicted octanol–water partition coefficient (Wildman–Crippen LogP) is -1.93. The molecule has 0 saturated carbocycles. The largest absolute Gasteiger partial charge is 0.481 e. The number of aliphatic hydroxyl groups is 10. The molecule has 0 radical (unpaired) electrons. The number of carbonyl (C=O) groups excluding carboxylic acids is 7. The third-order valence-corrected chi connectivity index (χ3v) is 17.8. The second-order valence-corrected chi connectivity index (χ2v) is 25.5. The van der Waals surface area contributed by atoms with E-state index in [2.05, 4.69) is 39.2 Å². The van der Waals surface area contributed by atoms with Crippen molar-refractivity contribution >= 4 is 65.7 Å². The number of thiol groups is 1. The van der Waals surface area contributed by atoms with Crippen molar-refractivity contribution in [2.24, 2.45) is 17.6 Å². The Kier molecular flexibility index (Phi) is 37.6. The second kappa shape index (κ2) is 44.4. The van der Waals surface area contributed by atoms with Gasteiger partial charge in [-0.1, -0.05) is 79.9 Å². The van der Waals surface area contributed by atoms with Crippen LogP contribution in [0.2, 0.25) is 0 Å². The van der Waals surface area contributed by atoms with Crippen LogP contribution in [0.4, 0.5) is 8.78 Å². The van der Waals surface area contributed by atoms with Gasteiger partial charge in [-0.2, -0.15) is 12.6 Å². The number of aromatic nitrogens is 2. The van der Waals surface area contributed by atoms with Gasteiger partial charge in [-0.05, 0) is 74.3 Å². The maximum Gasteiger partial charge on any atom is 0.331 e. The van der Waals surface area contributed by atoms with Crippen molar-refractivity contribution in [3.05, 3.63) is 128 Å². The van der Waals surface area contributed by atoms with E-state index >= 15 is 8.78 Å². The molecule has 5 amide bonds. The molecular weight excluding hydrogens is 1380 g/mol. The number of aliphatic hydroxyl groups excluding tert-OH is 10. The number of rotatable bonds is 49. The average molecular weight is 1480 g/mol. The van der Waals surface area contributed by atoms with E-state index in [0.29, 0.717) is 42.4 Å². The number of nitrogens with zero attached hydrogens (tertiary/aromatic N) is 2. The molecule has 0 saturated heterocycles. The molecule has 0 unspecified atom stereocenters. The molecule has 0 aliphatic heterocycles. The topological polar surface area (TPSA) is 527 Å². The summed E-state index contributed by atoms with van der Waals surface area (Å²) in [5.74, 6) is -13.8. The average Bonchev–Trinajstić information content (AvgIpc) is 0.761. The SMILES string of the molecule is Cc1c(-c2cccc(CCC(=O)NCCCCCCCC(=O)N[C@H](CCC(=O)NC[C@H](O)[C@@H](O)[C@H](O)[C@H](O)CO)C(=O)C[C@H](CCC(=O)O)C(=O)N[C@H](CCC(=O)NC[C@H](O)[C@@H](O)[C@H](O)[C@H](O)CO)C(=O)C[C@H](CS)C(=O)O)c2)c(=O)n(C[C@@H](N)c2ccccc2)c(=O)n1Cc1c(F)cccc1F. The summed E-state index contributed by atoms with van der Waals surface area (Å²) in [5, 5.41) is 130. The number of ketones is 2. The summed E-state index contributed by atoms with van der Waals surface area (Å²) in [6.45, 7) is -2.42. The first-order valence-electron chi connectivity index (χ1n) is 33.7. The molecule has 4 rings (SSSR count). The first-order chi connectivity index (χ1) is 48.8. The van der Waals surface area contributed by atoms with Crippen molar-refractivity contribution < 1.29 is 113 Å². The molecule has 31 nitrogen and oxygen atoms in total. The number of benzene rings is 3. The van der Waals surface area contributed by atoms with E-state index in [1.54, 1.807) is 54.6 Å². The van der Waals surface area contributed by atoms with Crippen LogP contribution in [0, 0.1) is 30.4 Å². The van der Waals surface area contributed by atoms with Crippen LogP contribution >= 0.6 is 12.6 Å². The number of aliphatic carboxylic acids is 2. The molecule has 0 bridgehead atoms. The summed E-state index contributed by atoms with van der Waals surface area (Å²) in [6.07, 6.45) is -18.2. The highest BCUT2D eigenvalue weighted by Gasteiger charge is 2.35. The molecule has 0 aliphatic rings. The molecule has 34 heteroatoms. The molecule has 19 N–H and O–H groups in total. The Morgan fingerprint density at radius 1 is 0.563 bits per heavy atom. The van der Waals surface area contributed by atoms with Gasteiger partial charge in [-0.3, -0.25) is 57.1 Å². The van der Waals surface area contributed by atoms with E-state index in [4.69, 9.17) is 15.9 Å². The van der Waals surface area contributed by atoms with Crippen LogP contribution in [0.3, 0.4) is 0 Å². The summed E-state index contributed by atoms with van der Waals surface area (Å²) in [4.78, 5) is 147. The zero-order valence-electron chi connectivity index (χ0n) is 56.9. The normalized spacial score (nSPS) is 15.3. The number of unbranched alkanes of at least 4 members (excludes halogenated alkanes) is 4. The Hall–Kier alpha value is -8.26. The van der Waals surface area contributed by atoms with Crippen LogP contribution in [0.5, 0.6) is 0 Å². The van der Waals surface area contributed by atoms with Gasteiger partial charge in [0.1, 0.15) is 48.3 Å². The van der Waals surface area contributed by atoms with Crippen LogP contribution in [-0.2, 0) is 62.7 Å². The van der Waals surface area contributed by atoms with Gasteiger partial charge in [0.2, 0.25) is 29.5 Å². The second-order valence-electron chi connectivity index (χ2n) is 25.2. The van der Waals surface area contributed by atoms with Crippen molar-refractivity contribution in [3.8, 4) is 11.1 Å². The lowest BCUT2D eigenvalue weighted by Crippen LogP contribution is -2.50. The number of carbonyl (C=O) groups is 9. The van der Waals surface area contributed by atoms with Gasteiger partial charge in [0.15, 0.2) is 11.6 Å². The molecule has 1 heterocycles. The molecule has 570 valence electrons. The molecule has 1 aromatic heterocycles.